The fourth-order valence-corrected chi connectivity index (χ4v) is 3.82. The first-order valence-corrected chi connectivity index (χ1v) is 8.97. The van der Waals surface area contributed by atoms with Gasteiger partial charge in [-0.15, -0.1) is 0 Å². The number of carbonyl (C=O) groups excluding carboxylic acids is 1. The van der Waals surface area contributed by atoms with Crippen LogP contribution in [0.2, 0.25) is 0 Å². The normalized spacial score (nSPS) is 22.6. The van der Waals surface area contributed by atoms with E-state index in [4.69, 9.17) is 14.2 Å². The zero-order valence-electron chi connectivity index (χ0n) is 15.9. The highest BCUT2D eigenvalue weighted by Crippen LogP contribution is 2.35. The minimum atomic E-state index is -2.69. The Morgan fingerprint density at radius 2 is 1.78 bits per heavy atom. The molecule has 0 spiro atoms. The summed E-state index contributed by atoms with van der Waals surface area (Å²) in [7, 11) is 4.64. The number of amides is 1. The maximum atomic E-state index is 13.8. The van der Waals surface area contributed by atoms with Gasteiger partial charge in [0.05, 0.1) is 33.8 Å². The number of hydrogen-bond donors (Lipinski definition) is 0. The molecule has 1 atom stereocenters. The Hall–Kier alpha value is -1.93. The van der Waals surface area contributed by atoms with Gasteiger partial charge in [-0.3, -0.25) is 9.69 Å². The third-order valence-corrected chi connectivity index (χ3v) is 5.23. The van der Waals surface area contributed by atoms with Gasteiger partial charge in [-0.2, -0.15) is 0 Å². The van der Waals surface area contributed by atoms with Crippen molar-refractivity contribution in [2.75, 3.05) is 47.6 Å². The lowest BCUT2D eigenvalue weighted by Crippen LogP contribution is -2.62. The van der Waals surface area contributed by atoms with Gasteiger partial charge in [0.1, 0.15) is 11.5 Å². The van der Waals surface area contributed by atoms with Crippen molar-refractivity contribution in [2.45, 2.75) is 30.8 Å². The van der Waals surface area contributed by atoms with Crippen LogP contribution in [0.5, 0.6) is 11.5 Å². The van der Waals surface area contributed by atoms with Crippen molar-refractivity contribution in [3.05, 3.63) is 23.8 Å². The molecule has 6 nitrogen and oxygen atoms in total. The molecule has 0 aliphatic carbocycles. The summed E-state index contributed by atoms with van der Waals surface area (Å²) in [5.74, 6) is -1.47. The van der Waals surface area contributed by atoms with E-state index in [9.17, 15) is 13.6 Å². The van der Waals surface area contributed by atoms with E-state index in [-0.39, 0.29) is 44.0 Å². The first-order chi connectivity index (χ1) is 12.8. The number of nitrogens with zero attached hydrogens (tertiary/aromatic N) is 2. The van der Waals surface area contributed by atoms with Gasteiger partial charge >= 0.3 is 0 Å². The molecule has 2 aliphatic heterocycles. The molecule has 2 heterocycles. The van der Waals surface area contributed by atoms with Crippen LogP contribution in [0, 0.1) is 0 Å². The third kappa shape index (κ3) is 4.50. The van der Waals surface area contributed by atoms with Crippen LogP contribution >= 0.6 is 0 Å². The molecule has 2 aliphatic rings. The molecule has 1 aromatic carbocycles. The standard InChI is InChI=1S/C19H26F2N2O4/c1-25-11-14-8-19(20,21)12-23(14)15-9-22(10-15)18(24)6-13-4-16(26-2)7-17(5-13)27-3/h4-5,7,14-15H,6,8-12H2,1-3H3/t14-/m0/s1. The summed E-state index contributed by atoms with van der Waals surface area (Å²) in [5.41, 5.74) is 0.796. The molecule has 3 rings (SSSR count). The fraction of sp³-hybridized carbons (Fsp3) is 0.632. The highest BCUT2D eigenvalue weighted by molar-refractivity contribution is 5.80. The van der Waals surface area contributed by atoms with Gasteiger partial charge in [-0.1, -0.05) is 0 Å². The summed E-state index contributed by atoms with van der Waals surface area (Å²) < 4.78 is 43.1. The number of carbonyl (C=O) groups is 1. The number of alkyl halides is 2. The smallest absolute Gasteiger partial charge is 0.262 e. The number of rotatable bonds is 7. The Bertz CT molecular complexity index is 657. The van der Waals surface area contributed by atoms with E-state index in [1.807, 2.05) is 0 Å². The topological polar surface area (TPSA) is 51.2 Å². The second-order valence-electron chi connectivity index (χ2n) is 7.19. The van der Waals surface area contributed by atoms with Crippen molar-refractivity contribution >= 4 is 5.91 Å². The SMILES string of the molecule is COC[C@@H]1CC(F)(F)CN1C1CN(C(=O)Cc2cc(OC)cc(OC)c2)C1. The van der Waals surface area contributed by atoms with Crippen LogP contribution in [0.3, 0.4) is 0 Å². The Morgan fingerprint density at radius 3 is 2.33 bits per heavy atom. The Morgan fingerprint density at radius 1 is 1.15 bits per heavy atom. The molecule has 2 fully saturated rings. The van der Waals surface area contributed by atoms with Crippen molar-refractivity contribution in [1.29, 1.82) is 0 Å². The molecule has 1 aromatic rings. The van der Waals surface area contributed by atoms with Crippen LogP contribution in [-0.4, -0.2) is 81.3 Å². The molecular weight excluding hydrogens is 358 g/mol. The summed E-state index contributed by atoms with van der Waals surface area (Å²) in [6.45, 7) is 0.955. The Balaban J connectivity index is 1.57. The van der Waals surface area contributed by atoms with Crippen molar-refractivity contribution in [3.8, 4) is 11.5 Å². The van der Waals surface area contributed by atoms with E-state index in [0.717, 1.165) is 5.56 Å². The van der Waals surface area contributed by atoms with Crippen molar-refractivity contribution in [1.82, 2.24) is 9.80 Å². The minimum absolute atomic E-state index is 0.0317. The number of hydrogen-bond acceptors (Lipinski definition) is 5. The Labute approximate surface area is 158 Å². The minimum Gasteiger partial charge on any atom is -0.497 e. The van der Waals surface area contributed by atoms with Crippen LogP contribution in [0.15, 0.2) is 18.2 Å². The zero-order valence-corrected chi connectivity index (χ0v) is 15.9. The van der Waals surface area contributed by atoms with Crippen LogP contribution in [0.1, 0.15) is 12.0 Å². The molecule has 8 heteroatoms. The van der Waals surface area contributed by atoms with Crippen molar-refractivity contribution in [3.63, 3.8) is 0 Å². The summed E-state index contributed by atoms with van der Waals surface area (Å²) in [4.78, 5) is 16.0. The number of benzene rings is 1. The van der Waals surface area contributed by atoms with Crippen LogP contribution in [0.25, 0.3) is 0 Å². The molecular formula is C19H26F2N2O4. The molecule has 2 saturated heterocycles. The molecule has 0 radical (unpaired) electrons. The highest BCUT2D eigenvalue weighted by Gasteiger charge is 2.50. The second-order valence-corrected chi connectivity index (χ2v) is 7.19. The molecule has 1 amide bonds. The van der Waals surface area contributed by atoms with Gasteiger partial charge < -0.3 is 19.1 Å². The van der Waals surface area contributed by atoms with Crippen LogP contribution in [0.4, 0.5) is 8.78 Å². The molecule has 27 heavy (non-hydrogen) atoms. The number of methoxy groups -OCH3 is 3. The lowest BCUT2D eigenvalue weighted by molar-refractivity contribution is -0.138. The monoisotopic (exact) mass is 384 g/mol. The van der Waals surface area contributed by atoms with E-state index in [1.54, 1.807) is 42.2 Å². The summed E-state index contributed by atoms with van der Waals surface area (Å²) in [6, 6.07) is 5.01. The van der Waals surface area contributed by atoms with Crippen LogP contribution in [-0.2, 0) is 16.0 Å². The van der Waals surface area contributed by atoms with Gasteiger partial charge in [0.25, 0.3) is 5.92 Å². The summed E-state index contributed by atoms with van der Waals surface area (Å²) in [5, 5.41) is 0. The van der Waals surface area contributed by atoms with E-state index < -0.39 is 5.92 Å². The van der Waals surface area contributed by atoms with Crippen molar-refractivity contribution in [2.24, 2.45) is 0 Å². The summed E-state index contributed by atoms with van der Waals surface area (Å²) in [6.07, 6.45) is 0.0346. The first kappa shape index (κ1) is 19.8. The average Bonchev–Trinajstić information content (AvgIpc) is 2.87. The van der Waals surface area contributed by atoms with E-state index >= 15 is 0 Å². The molecule has 0 unspecified atom stereocenters. The van der Waals surface area contributed by atoms with Gasteiger partial charge in [0.2, 0.25) is 5.91 Å². The maximum absolute atomic E-state index is 13.8. The lowest BCUT2D eigenvalue weighted by Gasteiger charge is -2.45. The fourth-order valence-electron chi connectivity index (χ4n) is 3.82. The predicted octanol–water partition coefficient (Wildman–Crippen LogP) is 1.81. The molecule has 0 N–H and O–H groups in total. The van der Waals surface area contributed by atoms with E-state index in [1.165, 1.54) is 7.11 Å². The van der Waals surface area contributed by atoms with Crippen molar-refractivity contribution < 1.29 is 27.8 Å². The number of ether oxygens (including phenoxy) is 3. The van der Waals surface area contributed by atoms with E-state index in [0.29, 0.717) is 24.6 Å². The molecule has 0 aromatic heterocycles. The average molecular weight is 384 g/mol. The molecule has 0 bridgehead atoms. The van der Waals surface area contributed by atoms with Gasteiger partial charge in [-0.05, 0) is 17.7 Å². The van der Waals surface area contributed by atoms with Gasteiger partial charge in [0, 0.05) is 44.8 Å². The molecule has 0 saturated carbocycles. The lowest BCUT2D eigenvalue weighted by atomic mass is 10.0. The quantitative estimate of drug-likeness (QED) is 0.718. The second kappa shape index (κ2) is 7.98. The first-order valence-electron chi connectivity index (χ1n) is 8.97. The number of likely N-dealkylation sites (tertiary alicyclic amines) is 2. The summed E-state index contributed by atoms with van der Waals surface area (Å²) >= 11 is 0. The zero-order chi connectivity index (χ0) is 19.6. The van der Waals surface area contributed by atoms with Gasteiger partial charge in [0.15, 0.2) is 0 Å². The highest BCUT2D eigenvalue weighted by atomic mass is 19.3. The molecule has 150 valence electrons. The maximum Gasteiger partial charge on any atom is 0.262 e. The third-order valence-electron chi connectivity index (χ3n) is 5.23. The number of halogens is 2. The van der Waals surface area contributed by atoms with Crippen LogP contribution < -0.4 is 9.47 Å². The predicted molar refractivity (Wildman–Crippen MR) is 95.6 cm³/mol. The van der Waals surface area contributed by atoms with Gasteiger partial charge in [-0.25, -0.2) is 8.78 Å². The van der Waals surface area contributed by atoms with E-state index in [2.05, 4.69) is 0 Å². The largest absolute Gasteiger partial charge is 0.497 e. The Kier molecular flexibility index (Phi) is 5.86.